The zero-order valence-corrected chi connectivity index (χ0v) is 42.9. The molecule has 14 N–H and O–H groups in total. The zero-order chi connectivity index (χ0) is 53.9. The third-order valence-corrected chi connectivity index (χ3v) is 13.7. The van der Waals surface area contributed by atoms with Crippen molar-refractivity contribution in [3.05, 3.63) is 102 Å². The van der Waals surface area contributed by atoms with Crippen LogP contribution in [0.2, 0.25) is 0 Å². The molecule has 0 radical (unpaired) electrons. The Morgan fingerprint density at radius 1 is 0.773 bits per heavy atom. The highest BCUT2D eigenvalue weighted by Gasteiger charge is 2.46. The second-order valence-electron chi connectivity index (χ2n) is 19.5. The van der Waals surface area contributed by atoms with Gasteiger partial charge in [-0.1, -0.05) is 74.0 Å². The molecule has 75 heavy (non-hydrogen) atoms. The second-order valence-corrected chi connectivity index (χ2v) is 19.5. The van der Waals surface area contributed by atoms with Gasteiger partial charge in [-0.2, -0.15) is 0 Å². The first-order valence-corrected chi connectivity index (χ1v) is 25.9. The van der Waals surface area contributed by atoms with E-state index in [1.165, 1.54) is 0 Å². The monoisotopic (exact) mass is 1030 g/mol. The number of primary amides is 1. The van der Waals surface area contributed by atoms with Gasteiger partial charge in [0, 0.05) is 68.2 Å². The van der Waals surface area contributed by atoms with Crippen LogP contribution in [0.1, 0.15) is 94.2 Å². The number of aromatic nitrogens is 1. The molecule has 0 unspecified atom stereocenters. The normalized spacial score (nSPS) is 21.6. The van der Waals surface area contributed by atoms with Gasteiger partial charge in [0.05, 0.1) is 6.42 Å². The molecular formula is C54H73N13O8. The van der Waals surface area contributed by atoms with Gasteiger partial charge >= 0.3 is 0 Å². The number of nitrogens with one attached hydrogen (secondary N) is 8. The molecule has 6 rings (SSSR count). The average Bonchev–Trinajstić information content (AvgIpc) is 3.80. The number of aryl methyl sites for hydroxylation is 1. The van der Waals surface area contributed by atoms with Crippen LogP contribution < -0.4 is 59.3 Å². The lowest BCUT2D eigenvalue weighted by Crippen LogP contribution is -2.68. The molecule has 402 valence electrons. The van der Waals surface area contributed by atoms with Gasteiger partial charge in [-0.25, -0.2) is 0 Å². The summed E-state index contributed by atoms with van der Waals surface area (Å²) in [6, 6.07) is 17.7. The minimum Gasteiger partial charge on any atom is -0.371 e. The van der Waals surface area contributed by atoms with E-state index < -0.39 is 89.4 Å². The Labute approximate surface area is 437 Å². The molecule has 0 aliphatic carbocycles. The van der Waals surface area contributed by atoms with Gasteiger partial charge in [0.1, 0.15) is 35.7 Å². The summed E-state index contributed by atoms with van der Waals surface area (Å²) in [5.41, 5.74) is 19.5. The molecule has 4 aromatic rings. The average molecular weight is 1030 g/mol. The van der Waals surface area contributed by atoms with Gasteiger partial charge in [0.2, 0.25) is 47.3 Å². The van der Waals surface area contributed by atoms with Gasteiger partial charge in [-0.3, -0.25) is 43.3 Å². The number of H-pyrrole nitrogens is 1. The smallest absolute Gasteiger partial charge is 0.246 e. The number of guanidine groups is 1. The van der Waals surface area contributed by atoms with Crippen molar-refractivity contribution in [1.82, 2.24) is 42.2 Å². The largest absolute Gasteiger partial charge is 0.371 e. The molecule has 1 spiro atoms. The van der Waals surface area contributed by atoms with Crippen molar-refractivity contribution in [2.24, 2.45) is 22.2 Å². The molecule has 1 aromatic heterocycles. The molecule has 2 aliphatic rings. The fourth-order valence-electron chi connectivity index (χ4n) is 9.44. The number of piperidine rings is 1. The third kappa shape index (κ3) is 16.5. The van der Waals surface area contributed by atoms with Gasteiger partial charge in [-0.05, 0) is 93.2 Å². The quantitative estimate of drug-likeness (QED) is 0.0485. The van der Waals surface area contributed by atoms with Crippen LogP contribution in [0.15, 0.2) is 90.1 Å². The van der Waals surface area contributed by atoms with Crippen LogP contribution in [0.25, 0.3) is 10.9 Å². The number of anilines is 1. The first-order chi connectivity index (χ1) is 36.0. The summed E-state index contributed by atoms with van der Waals surface area (Å²) in [6.07, 6.45) is 3.61. The van der Waals surface area contributed by atoms with E-state index in [2.05, 4.69) is 52.1 Å². The minimum absolute atomic E-state index is 0.0153. The lowest BCUT2D eigenvalue weighted by Gasteiger charge is -2.43. The number of fused-ring (bicyclic) bond motifs is 1. The Morgan fingerprint density at radius 3 is 2.19 bits per heavy atom. The van der Waals surface area contributed by atoms with Crippen molar-refractivity contribution in [3.63, 3.8) is 0 Å². The lowest BCUT2D eigenvalue weighted by atomic mass is 9.85. The summed E-state index contributed by atoms with van der Waals surface area (Å²) in [5, 5.41) is 20.6. The third-order valence-electron chi connectivity index (χ3n) is 13.7. The maximum atomic E-state index is 15.2. The number of nitrogens with two attached hydrogens (primary N) is 3. The van der Waals surface area contributed by atoms with Crippen LogP contribution in [-0.2, 0) is 51.2 Å². The maximum absolute atomic E-state index is 15.2. The number of aliphatic imine (C=N–C) groups is 1. The molecule has 8 amide bonds. The first kappa shape index (κ1) is 56.3. The molecular weight excluding hydrogens is 959 g/mol. The zero-order valence-electron chi connectivity index (χ0n) is 42.9. The van der Waals surface area contributed by atoms with E-state index in [0.717, 1.165) is 22.2 Å². The molecule has 0 saturated carbocycles. The number of para-hydroxylation sites is 1. The van der Waals surface area contributed by atoms with E-state index in [4.69, 9.17) is 17.2 Å². The topological polar surface area (TPSA) is 330 Å². The van der Waals surface area contributed by atoms with Crippen molar-refractivity contribution in [2.45, 2.75) is 133 Å². The number of carbonyl (C=O) groups excluding carboxylic acids is 8. The van der Waals surface area contributed by atoms with Crippen LogP contribution in [0, 0.1) is 6.92 Å². The highest BCUT2D eigenvalue weighted by Crippen LogP contribution is 2.29. The van der Waals surface area contributed by atoms with Crippen LogP contribution in [0.5, 0.6) is 0 Å². The van der Waals surface area contributed by atoms with Crippen molar-refractivity contribution in [3.8, 4) is 0 Å². The van der Waals surface area contributed by atoms with Crippen molar-refractivity contribution < 1.29 is 38.4 Å². The van der Waals surface area contributed by atoms with Crippen molar-refractivity contribution in [2.75, 3.05) is 31.1 Å². The van der Waals surface area contributed by atoms with Crippen LogP contribution >= 0.6 is 0 Å². The standard InChI is InChI=1S/C54H73N13O8/c1-3-4-22-45(68)61-44-32-46(69)58-25-11-10-20-40(47(55)70)62-50(73)43(31-36-33-60-39-19-9-8-18-38(36)39)64-48(71)41(21-13-26-59-53(56)57)63-49(72)42(30-35-15-6-5-7-16-35)65-52(75)54(66-51(44)74)23-27-67(28-24-54)37-17-12-14-34(2)29-37/h5-9,12,14-19,29,33,40-44,60H,3-4,10-11,13,20-28,30-32H2,1-2H3,(H2,55,70)(H,58,69)(H,61,68)(H,62,73)(H,63,72)(H,64,71)(H,65,75)(H,66,74)(H4,56,57,59)/t40-,41-,42+,43-,44-/m0/s1. The summed E-state index contributed by atoms with van der Waals surface area (Å²) < 4.78 is 0. The van der Waals surface area contributed by atoms with Crippen LogP contribution in [0.4, 0.5) is 5.69 Å². The minimum atomic E-state index is -1.65. The number of hydrogen-bond acceptors (Lipinski definition) is 10. The van der Waals surface area contributed by atoms with E-state index in [-0.39, 0.29) is 70.4 Å². The molecule has 3 aromatic carbocycles. The van der Waals surface area contributed by atoms with E-state index in [9.17, 15) is 33.6 Å². The summed E-state index contributed by atoms with van der Waals surface area (Å²) in [7, 11) is 0. The van der Waals surface area contributed by atoms with E-state index in [1.807, 2.05) is 62.4 Å². The highest BCUT2D eigenvalue weighted by atomic mass is 16.2. The SMILES string of the molecule is CCCCC(=O)N[C@H]1CC(=O)NCCCC[C@@H](C(N)=O)NC(=O)[C@H](Cc2c[nH]c3ccccc23)NC(=O)[C@H](CCCN=C(N)N)NC(=O)[C@@H](Cc2ccccc2)NC(=O)C2(CCN(c3cccc(C)c3)CC2)NC1=O. The number of nitrogens with zero attached hydrogens (tertiary/aromatic N) is 2. The number of rotatable bonds is 14. The number of benzene rings is 3. The Hall–Kier alpha value is -7.97. The number of aromatic amines is 1. The maximum Gasteiger partial charge on any atom is 0.246 e. The molecule has 5 atom stereocenters. The molecule has 2 fully saturated rings. The van der Waals surface area contributed by atoms with E-state index in [0.29, 0.717) is 49.9 Å². The first-order valence-electron chi connectivity index (χ1n) is 25.9. The summed E-state index contributed by atoms with van der Waals surface area (Å²) in [4.78, 5) is 123. The molecule has 21 heteroatoms. The Bertz CT molecular complexity index is 2660. The molecule has 2 aliphatic heterocycles. The molecule has 3 heterocycles. The predicted octanol–water partition coefficient (Wildman–Crippen LogP) is 1.26. The Balaban J connectivity index is 1.39. The van der Waals surface area contributed by atoms with Gasteiger partial charge in [0.15, 0.2) is 5.96 Å². The van der Waals surface area contributed by atoms with Crippen molar-refractivity contribution >= 4 is 69.8 Å². The molecule has 0 bridgehead atoms. The van der Waals surface area contributed by atoms with Crippen LogP contribution in [-0.4, -0.2) is 120 Å². The van der Waals surface area contributed by atoms with Crippen LogP contribution in [0.3, 0.4) is 0 Å². The van der Waals surface area contributed by atoms with Gasteiger partial charge in [-0.15, -0.1) is 0 Å². The number of hydrogen-bond donors (Lipinski definition) is 11. The van der Waals surface area contributed by atoms with E-state index >= 15 is 4.79 Å². The lowest BCUT2D eigenvalue weighted by molar-refractivity contribution is -0.139. The van der Waals surface area contributed by atoms with Crippen molar-refractivity contribution in [1.29, 1.82) is 0 Å². The fourth-order valence-corrected chi connectivity index (χ4v) is 9.44. The Kier molecular flexibility index (Phi) is 20.5. The van der Waals surface area contributed by atoms with Gasteiger partial charge in [0.25, 0.3) is 0 Å². The summed E-state index contributed by atoms with van der Waals surface area (Å²) >= 11 is 0. The summed E-state index contributed by atoms with van der Waals surface area (Å²) in [5.74, 6) is -5.68. The molecule has 2 saturated heterocycles. The number of amides is 8. The Morgan fingerprint density at radius 2 is 1.47 bits per heavy atom. The number of carbonyl (C=O) groups is 8. The number of unbranched alkanes of at least 4 members (excludes halogenated alkanes) is 1. The predicted molar refractivity (Wildman–Crippen MR) is 285 cm³/mol. The van der Waals surface area contributed by atoms with Gasteiger partial charge < -0.3 is 64.3 Å². The highest BCUT2D eigenvalue weighted by molar-refractivity contribution is 6.00. The van der Waals surface area contributed by atoms with E-state index in [1.54, 1.807) is 36.5 Å². The molecule has 21 nitrogen and oxygen atoms in total. The fraction of sp³-hybridized carbons (Fsp3) is 0.463. The summed E-state index contributed by atoms with van der Waals surface area (Å²) in [6.45, 7) is 4.72. The second kappa shape index (κ2) is 27.4.